The van der Waals surface area contributed by atoms with Crippen molar-refractivity contribution in [2.75, 3.05) is 20.1 Å². The van der Waals surface area contributed by atoms with E-state index in [1.54, 1.807) is 12.1 Å². The third-order valence-corrected chi connectivity index (χ3v) is 5.79. The highest BCUT2D eigenvalue weighted by Gasteiger charge is 2.33. The van der Waals surface area contributed by atoms with Gasteiger partial charge in [0, 0.05) is 19.1 Å². The summed E-state index contributed by atoms with van der Waals surface area (Å²) in [6, 6.07) is 6.90. The van der Waals surface area contributed by atoms with Crippen LogP contribution in [0.15, 0.2) is 24.3 Å². The largest absolute Gasteiger partial charge is 0.360 e. The lowest BCUT2D eigenvalue weighted by Crippen LogP contribution is -2.45. The highest BCUT2D eigenvalue weighted by molar-refractivity contribution is 5.78. The lowest BCUT2D eigenvalue weighted by Gasteiger charge is -2.36. The summed E-state index contributed by atoms with van der Waals surface area (Å²) in [6.07, 6.45) is 8.64. The number of carbonyl (C=O) groups is 1. The van der Waals surface area contributed by atoms with E-state index in [0.29, 0.717) is 12.5 Å². The van der Waals surface area contributed by atoms with E-state index < -0.39 is 0 Å². The van der Waals surface area contributed by atoms with Crippen LogP contribution in [-0.2, 0) is 16.0 Å². The van der Waals surface area contributed by atoms with Crippen LogP contribution < -0.4 is 0 Å². The number of halogens is 1. The van der Waals surface area contributed by atoms with Gasteiger partial charge < -0.3 is 9.64 Å². The molecule has 1 saturated heterocycles. The number of amides is 1. The molecule has 27 heavy (non-hydrogen) atoms. The number of ether oxygens (including phenoxy) is 1. The van der Waals surface area contributed by atoms with Gasteiger partial charge in [-0.25, -0.2) is 4.39 Å². The Hall–Kier alpha value is -1.46. The van der Waals surface area contributed by atoms with Gasteiger partial charge in [-0.3, -0.25) is 9.69 Å². The molecule has 3 rings (SSSR count). The minimum absolute atomic E-state index is 0.123. The van der Waals surface area contributed by atoms with Crippen molar-refractivity contribution in [3.8, 4) is 0 Å². The summed E-state index contributed by atoms with van der Waals surface area (Å²) >= 11 is 0. The van der Waals surface area contributed by atoms with E-state index in [2.05, 4.69) is 18.9 Å². The average molecular weight is 377 g/mol. The van der Waals surface area contributed by atoms with Crippen molar-refractivity contribution in [1.82, 2.24) is 9.80 Å². The molecule has 0 N–H and O–H groups in total. The minimum Gasteiger partial charge on any atom is -0.360 e. The number of rotatable bonds is 9. The van der Waals surface area contributed by atoms with Crippen LogP contribution in [0, 0.1) is 5.82 Å². The summed E-state index contributed by atoms with van der Waals surface area (Å²) in [5.74, 6) is -0.143. The van der Waals surface area contributed by atoms with Crippen LogP contribution in [0.25, 0.3) is 0 Å². The zero-order valence-corrected chi connectivity index (χ0v) is 16.7. The minimum atomic E-state index is -0.266. The van der Waals surface area contributed by atoms with Crippen LogP contribution in [-0.4, -0.2) is 54.2 Å². The Morgan fingerprint density at radius 1 is 1.22 bits per heavy atom. The second-order valence-corrected chi connectivity index (χ2v) is 8.01. The van der Waals surface area contributed by atoms with Crippen LogP contribution in [0.2, 0.25) is 0 Å². The molecule has 1 atom stereocenters. The van der Waals surface area contributed by atoms with Gasteiger partial charge in [0.15, 0.2) is 0 Å². The molecule has 4 nitrogen and oxygen atoms in total. The molecule has 2 fully saturated rings. The van der Waals surface area contributed by atoms with Crippen molar-refractivity contribution >= 4 is 5.91 Å². The predicted molar refractivity (Wildman–Crippen MR) is 105 cm³/mol. The molecule has 5 heteroatoms. The molecule has 0 bridgehead atoms. The molecule has 1 aliphatic heterocycles. The van der Waals surface area contributed by atoms with Gasteiger partial charge in [0.2, 0.25) is 5.91 Å². The van der Waals surface area contributed by atoms with E-state index in [4.69, 9.17) is 4.74 Å². The zero-order valence-electron chi connectivity index (χ0n) is 16.7. The highest BCUT2D eigenvalue weighted by atomic mass is 19.1. The SMILES string of the molecule is CCCCC(OC1CCN(C(=O)Cc2ccc(F)cc2)CC1)N(C)C1CC1. The van der Waals surface area contributed by atoms with E-state index in [1.807, 2.05) is 4.90 Å². The lowest BCUT2D eigenvalue weighted by molar-refractivity contribution is -0.138. The van der Waals surface area contributed by atoms with Gasteiger partial charge in [-0.15, -0.1) is 0 Å². The first kappa shape index (κ1) is 20.3. The Balaban J connectivity index is 1.45. The second-order valence-electron chi connectivity index (χ2n) is 8.01. The van der Waals surface area contributed by atoms with Crippen molar-refractivity contribution in [2.24, 2.45) is 0 Å². The molecule has 1 saturated carbocycles. The highest BCUT2D eigenvalue weighted by Crippen LogP contribution is 2.30. The summed E-state index contributed by atoms with van der Waals surface area (Å²) in [7, 11) is 2.19. The Labute approximate surface area is 162 Å². The normalized spacial score (nSPS) is 19.5. The Morgan fingerprint density at radius 2 is 1.89 bits per heavy atom. The monoisotopic (exact) mass is 376 g/mol. The number of carbonyl (C=O) groups excluding carboxylic acids is 1. The number of benzene rings is 1. The van der Waals surface area contributed by atoms with Gasteiger partial charge in [-0.2, -0.15) is 0 Å². The van der Waals surface area contributed by atoms with Crippen LogP contribution >= 0.6 is 0 Å². The smallest absolute Gasteiger partial charge is 0.226 e. The molecule has 0 radical (unpaired) electrons. The molecule has 2 aliphatic rings. The Bertz CT molecular complexity index is 595. The predicted octanol–water partition coefficient (Wildman–Crippen LogP) is 3.99. The fourth-order valence-corrected chi connectivity index (χ4v) is 3.82. The van der Waals surface area contributed by atoms with Gasteiger partial charge in [0.05, 0.1) is 12.5 Å². The van der Waals surface area contributed by atoms with E-state index in [0.717, 1.165) is 37.9 Å². The number of hydrogen-bond acceptors (Lipinski definition) is 3. The fourth-order valence-electron chi connectivity index (χ4n) is 3.82. The number of likely N-dealkylation sites (tertiary alicyclic amines) is 1. The van der Waals surface area contributed by atoms with Gasteiger partial charge in [-0.1, -0.05) is 25.5 Å². The van der Waals surface area contributed by atoms with Crippen molar-refractivity contribution in [2.45, 2.75) is 76.7 Å². The fraction of sp³-hybridized carbons (Fsp3) is 0.682. The topological polar surface area (TPSA) is 32.8 Å². The van der Waals surface area contributed by atoms with Gasteiger partial charge in [0.1, 0.15) is 12.0 Å². The standard InChI is InChI=1S/C22H33FN2O2/c1-3-4-5-22(24(2)19-10-11-19)27-20-12-14-25(15-13-20)21(26)16-17-6-8-18(23)9-7-17/h6-9,19-20,22H,3-5,10-16H2,1-2H3. The molecular formula is C22H33FN2O2. The molecule has 150 valence electrons. The first-order valence-corrected chi connectivity index (χ1v) is 10.5. The van der Waals surface area contributed by atoms with Crippen molar-refractivity contribution < 1.29 is 13.9 Å². The first-order valence-electron chi connectivity index (χ1n) is 10.5. The molecule has 1 heterocycles. The van der Waals surface area contributed by atoms with Crippen molar-refractivity contribution in [1.29, 1.82) is 0 Å². The second kappa shape index (κ2) is 9.65. The molecule has 0 aromatic heterocycles. The third kappa shape index (κ3) is 6.01. The van der Waals surface area contributed by atoms with Crippen LogP contribution in [0.3, 0.4) is 0 Å². The van der Waals surface area contributed by atoms with Gasteiger partial charge in [-0.05, 0) is 63.3 Å². The zero-order chi connectivity index (χ0) is 19.2. The molecule has 1 aromatic rings. The van der Waals surface area contributed by atoms with E-state index in [1.165, 1.54) is 37.8 Å². The van der Waals surface area contributed by atoms with Gasteiger partial charge >= 0.3 is 0 Å². The molecule has 1 aromatic carbocycles. The number of nitrogens with zero attached hydrogens (tertiary/aromatic N) is 2. The number of piperidine rings is 1. The maximum atomic E-state index is 13.0. The first-order chi connectivity index (χ1) is 13.1. The average Bonchev–Trinajstić information content (AvgIpc) is 3.52. The van der Waals surface area contributed by atoms with Crippen LogP contribution in [0.4, 0.5) is 4.39 Å². The Morgan fingerprint density at radius 3 is 2.48 bits per heavy atom. The third-order valence-electron chi connectivity index (χ3n) is 5.79. The van der Waals surface area contributed by atoms with E-state index in [-0.39, 0.29) is 24.1 Å². The molecule has 1 aliphatic carbocycles. The van der Waals surface area contributed by atoms with Crippen LogP contribution in [0.1, 0.15) is 57.4 Å². The van der Waals surface area contributed by atoms with Crippen molar-refractivity contribution in [3.05, 3.63) is 35.6 Å². The van der Waals surface area contributed by atoms with E-state index >= 15 is 0 Å². The molecule has 1 amide bonds. The maximum absolute atomic E-state index is 13.0. The summed E-state index contributed by atoms with van der Waals surface area (Å²) in [5, 5.41) is 0. The van der Waals surface area contributed by atoms with Gasteiger partial charge in [0.25, 0.3) is 0 Å². The summed E-state index contributed by atoms with van der Waals surface area (Å²) in [6.45, 7) is 3.72. The number of hydrogen-bond donors (Lipinski definition) is 0. The molecule has 0 spiro atoms. The molecular weight excluding hydrogens is 343 g/mol. The van der Waals surface area contributed by atoms with Crippen molar-refractivity contribution in [3.63, 3.8) is 0 Å². The summed E-state index contributed by atoms with van der Waals surface area (Å²) in [4.78, 5) is 16.9. The number of unbranched alkanes of at least 4 members (excludes halogenated alkanes) is 1. The van der Waals surface area contributed by atoms with E-state index in [9.17, 15) is 9.18 Å². The maximum Gasteiger partial charge on any atom is 0.226 e. The quantitative estimate of drug-likeness (QED) is 0.611. The lowest BCUT2D eigenvalue weighted by atomic mass is 10.1. The summed E-state index contributed by atoms with van der Waals surface area (Å²) < 4.78 is 19.5. The molecule has 1 unspecified atom stereocenters. The Kier molecular flexibility index (Phi) is 7.25. The van der Waals surface area contributed by atoms with Crippen LogP contribution in [0.5, 0.6) is 0 Å². The summed E-state index contributed by atoms with van der Waals surface area (Å²) in [5.41, 5.74) is 0.866.